The number of rotatable bonds is 9. The number of benzene rings is 11. The van der Waals surface area contributed by atoms with Gasteiger partial charge in [-0.25, -0.2) is 0 Å². The van der Waals surface area contributed by atoms with E-state index in [1.165, 1.54) is 100 Å². The molecule has 0 radical (unpaired) electrons. The average molecular weight is 989 g/mol. The number of anilines is 6. The van der Waals surface area contributed by atoms with E-state index < -0.39 is 0 Å². The monoisotopic (exact) mass is 988 g/mol. The molecule has 3 aliphatic rings. The van der Waals surface area contributed by atoms with Gasteiger partial charge in [0.25, 0.3) is 0 Å². The van der Waals surface area contributed by atoms with Gasteiger partial charge in [-0.3, -0.25) is 0 Å². The summed E-state index contributed by atoms with van der Waals surface area (Å²) < 4.78 is 0. The average Bonchev–Trinajstić information content (AvgIpc) is 4.18. The molecule has 0 spiro atoms. The molecule has 0 saturated heterocycles. The van der Waals surface area contributed by atoms with Gasteiger partial charge < -0.3 is 9.80 Å². The van der Waals surface area contributed by atoms with Gasteiger partial charge in [0, 0.05) is 50.4 Å². The molecule has 0 fully saturated rings. The van der Waals surface area contributed by atoms with Crippen molar-refractivity contribution in [1.29, 1.82) is 0 Å². The summed E-state index contributed by atoms with van der Waals surface area (Å²) in [4.78, 5) is 4.83. The van der Waals surface area contributed by atoms with E-state index in [1.54, 1.807) is 0 Å². The normalized spacial score (nSPS) is 14.4. The summed E-state index contributed by atoms with van der Waals surface area (Å²) in [6, 6.07) is 94.7. The van der Waals surface area contributed by atoms with Crippen LogP contribution in [0.25, 0.3) is 66.8 Å². The second-order valence-corrected chi connectivity index (χ2v) is 22.9. The first kappa shape index (κ1) is 46.5. The van der Waals surface area contributed by atoms with Crippen molar-refractivity contribution < 1.29 is 0 Å². The summed E-state index contributed by atoms with van der Waals surface area (Å²) in [6.07, 6.45) is 0. The van der Waals surface area contributed by atoms with Crippen LogP contribution in [0, 0.1) is 0 Å². The lowest BCUT2D eigenvalue weighted by atomic mass is 9.79. The van der Waals surface area contributed by atoms with E-state index in [2.05, 4.69) is 306 Å². The highest BCUT2D eigenvalue weighted by molar-refractivity contribution is 5.97. The molecule has 2 heteroatoms. The minimum absolute atomic E-state index is 0.0959. The van der Waals surface area contributed by atoms with E-state index in [9.17, 15) is 0 Å². The molecule has 370 valence electrons. The summed E-state index contributed by atoms with van der Waals surface area (Å²) >= 11 is 0. The van der Waals surface area contributed by atoms with E-state index in [1.807, 2.05) is 0 Å². The van der Waals surface area contributed by atoms with Crippen LogP contribution >= 0.6 is 0 Å². The Morgan fingerprint density at radius 2 is 0.545 bits per heavy atom. The van der Waals surface area contributed by atoms with Gasteiger partial charge in [-0.2, -0.15) is 0 Å². The molecule has 3 aliphatic carbocycles. The maximum atomic E-state index is 2.56. The van der Waals surface area contributed by atoms with Crippen LogP contribution in [0.2, 0.25) is 0 Å². The highest BCUT2D eigenvalue weighted by atomic mass is 15.1. The molecule has 77 heavy (non-hydrogen) atoms. The summed E-state index contributed by atoms with van der Waals surface area (Å²) in [5.74, 6) is 0. The minimum Gasteiger partial charge on any atom is -0.310 e. The standard InChI is InChI=1S/C75H60N2/c1-73(2)66-27-17-16-25-61(66)62-43-41-58(45-68(62)73)76(54-23-14-9-15-24-54)57-39-33-53(34-40-57)60-26-18-28-67-72(60)65-48-70-64(47-71(65)74(67,3)4)63-44-42-59(46-69(63)75(70,5)6)77(55-35-29-51(30-36-55)49-19-10-7-11-20-49)56-37-31-52(32-38-56)50-21-12-8-13-22-50/h7-48H,1-6H3. The molecule has 14 rings (SSSR count). The van der Waals surface area contributed by atoms with Gasteiger partial charge in [0.05, 0.1) is 0 Å². The zero-order valence-corrected chi connectivity index (χ0v) is 44.6. The Morgan fingerprint density at radius 1 is 0.208 bits per heavy atom. The van der Waals surface area contributed by atoms with Crippen LogP contribution in [0.1, 0.15) is 74.9 Å². The Labute approximate surface area is 454 Å². The Morgan fingerprint density at radius 3 is 1.09 bits per heavy atom. The smallest absolute Gasteiger partial charge is 0.0465 e. The molecule has 0 saturated carbocycles. The van der Waals surface area contributed by atoms with E-state index in [0.717, 1.165) is 34.1 Å². The summed E-state index contributed by atoms with van der Waals surface area (Å²) in [7, 11) is 0. The van der Waals surface area contributed by atoms with Crippen LogP contribution < -0.4 is 9.80 Å². The van der Waals surface area contributed by atoms with Crippen molar-refractivity contribution in [3.8, 4) is 66.8 Å². The van der Waals surface area contributed by atoms with Gasteiger partial charge in [-0.1, -0.05) is 211 Å². The molecule has 0 atom stereocenters. The van der Waals surface area contributed by atoms with Gasteiger partial charge in [-0.05, 0) is 185 Å². The zero-order chi connectivity index (χ0) is 52.2. The van der Waals surface area contributed by atoms with Gasteiger partial charge in [0.2, 0.25) is 0 Å². The molecule has 0 unspecified atom stereocenters. The van der Waals surface area contributed by atoms with Crippen LogP contribution in [0.4, 0.5) is 34.1 Å². The van der Waals surface area contributed by atoms with Crippen molar-refractivity contribution in [2.75, 3.05) is 9.80 Å². The quantitative estimate of drug-likeness (QED) is 0.142. The molecule has 0 bridgehead atoms. The third-order valence-corrected chi connectivity index (χ3v) is 17.5. The number of hydrogen-bond donors (Lipinski definition) is 0. The fourth-order valence-electron chi connectivity index (χ4n) is 13.3. The third-order valence-electron chi connectivity index (χ3n) is 17.5. The molecule has 0 aliphatic heterocycles. The van der Waals surface area contributed by atoms with E-state index in [4.69, 9.17) is 0 Å². The highest BCUT2D eigenvalue weighted by Crippen LogP contribution is 2.59. The van der Waals surface area contributed by atoms with Crippen LogP contribution in [0.5, 0.6) is 0 Å². The van der Waals surface area contributed by atoms with Crippen molar-refractivity contribution in [2.24, 2.45) is 0 Å². The van der Waals surface area contributed by atoms with Crippen molar-refractivity contribution >= 4 is 34.1 Å². The first-order valence-electron chi connectivity index (χ1n) is 27.2. The van der Waals surface area contributed by atoms with E-state index in [-0.39, 0.29) is 16.2 Å². The molecule has 0 amide bonds. The Kier molecular flexibility index (Phi) is 10.6. The topological polar surface area (TPSA) is 6.48 Å². The molecule has 11 aromatic rings. The fraction of sp³-hybridized carbons (Fsp3) is 0.120. The predicted molar refractivity (Wildman–Crippen MR) is 325 cm³/mol. The molecule has 0 N–H and O–H groups in total. The minimum atomic E-state index is -0.254. The Bertz CT molecular complexity index is 3990. The largest absolute Gasteiger partial charge is 0.310 e. The van der Waals surface area contributed by atoms with E-state index in [0.29, 0.717) is 0 Å². The van der Waals surface area contributed by atoms with Crippen molar-refractivity contribution in [3.63, 3.8) is 0 Å². The molecule has 11 aromatic carbocycles. The molecule has 0 aromatic heterocycles. The number of hydrogen-bond acceptors (Lipinski definition) is 2. The second kappa shape index (κ2) is 17.5. The lowest BCUT2D eigenvalue weighted by Crippen LogP contribution is -2.17. The van der Waals surface area contributed by atoms with Gasteiger partial charge in [0.1, 0.15) is 0 Å². The van der Waals surface area contributed by atoms with Crippen LogP contribution in [-0.2, 0) is 16.2 Å². The maximum Gasteiger partial charge on any atom is 0.0465 e. The maximum absolute atomic E-state index is 2.56. The number of nitrogens with zero attached hydrogens (tertiary/aromatic N) is 2. The van der Waals surface area contributed by atoms with Gasteiger partial charge in [-0.15, -0.1) is 0 Å². The molecular formula is C75H60N2. The van der Waals surface area contributed by atoms with Gasteiger partial charge in [0.15, 0.2) is 0 Å². The summed E-state index contributed by atoms with van der Waals surface area (Å²) in [6.45, 7) is 14.4. The lowest BCUT2D eigenvalue weighted by Gasteiger charge is -2.28. The highest BCUT2D eigenvalue weighted by Gasteiger charge is 2.43. The Balaban J connectivity index is 0.831. The number of para-hydroxylation sites is 1. The fourth-order valence-corrected chi connectivity index (χ4v) is 13.3. The van der Waals surface area contributed by atoms with Crippen LogP contribution in [-0.4, -0.2) is 0 Å². The van der Waals surface area contributed by atoms with Crippen molar-refractivity contribution in [3.05, 3.63) is 288 Å². The summed E-state index contributed by atoms with van der Waals surface area (Å²) in [5.41, 5.74) is 29.9. The first-order chi connectivity index (χ1) is 37.4. The van der Waals surface area contributed by atoms with Crippen LogP contribution in [0.15, 0.2) is 255 Å². The lowest BCUT2D eigenvalue weighted by molar-refractivity contribution is 0.652. The van der Waals surface area contributed by atoms with Gasteiger partial charge >= 0.3 is 0 Å². The Hall–Kier alpha value is -8.98. The second-order valence-electron chi connectivity index (χ2n) is 22.9. The molecular weight excluding hydrogens is 929 g/mol. The number of fused-ring (bicyclic) bond motifs is 9. The molecule has 0 heterocycles. The SMILES string of the molecule is CC1(C)c2ccccc2-c2ccc(N(c3ccccc3)c3ccc(-c4cccc5c4-c4cc6c(cc4C5(C)C)-c4ccc(N(c5ccc(-c7ccccc7)cc5)c5ccc(-c7ccccc7)cc5)cc4C6(C)C)cc3)cc21. The van der Waals surface area contributed by atoms with Crippen molar-refractivity contribution in [1.82, 2.24) is 0 Å². The molecule has 2 nitrogen and oxygen atoms in total. The van der Waals surface area contributed by atoms with Crippen molar-refractivity contribution in [2.45, 2.75) is 57.8 Å². The zero-order valence-electron chi connectivity index (χ0n) is 44.6. The van der Waals surface area contributed by atoms with Crippen LogP contribution in [0.3, 0.4) is 0 Å². The third kappa shape index (κ3) is 7.37. The summed E-state index contributed by atoms with van der Waals surface area (Å²) in [5, 5.41) is 0. The van der Waals surface area contributed by atoms with E-state index >= 15 is 0 Å². The predicted octanol–water partition coefficient (Wildman–Crippen LogP) is 20.5. The first-order valence-corrected chi connectivity index (χ1v) is 27.2.